The monoisotopic (exact) mass is 372 g/mol. The smallest absolute Gasteiger partial charge is 0.257 e. The number of anilines is 2. The molecule has 3 rings (SSSR count). The molecule has 2 aromatic heterocycles. The Morgan fingerprint density at radius 2 is 1.96 bits per heavy atom. The fourth-order valence-corrected chi connectivity index (χ4v) is 2.60. The molecule has 1 amide bonds. The molecule has 0 saturated carbocycles. The SMILES string of the molecule is O=C(Nc1ccc(Cl)cc1Cl)c1cncc(NCc2ccccn2)c1. The van der Waals surface area contributed by atoms with Crippen LogP contribution in [0.4, 0.5) is 11.4 Å². The van der Waals surface area contributed by atoms with Crippen LogP contribution >= 0.6 is 23.2 Å². The second-order valence-corrected chi connectivity index (χ2v) is 6.06. The summed E-state index contributed by atoms with van der Waals surface area (Å²) in [6, 6.07) is 12.3. The van der Waals surface area contributed by atoms with Crippen LogP contribution in [0.5, 0.6) is 0 Å². The number of hydrogen-bond donors (Lipinski definition) is 2. The fraction of sp³-hybridized carbons (Fsp3) is 0.0556. The normalized spacial score (nSPS) is 10.3. The van der Waals surface area contributed by atoms with Gasteiger partial charge < -0.3 is 10.6 Å². The van der Waals surface area contributed by atoms with Crippen molar-refractivity contribution in [2.45, 2.75) is 6.54 Å². The Morgan fingerprint density at radius 3 is 2.72 bits per heavy atom. The van der Waals surface area contributed by atoms with E-state index in [1.165, 1.54) is 6.20 Å². The average Bonchev–Trinajstić information content (AvgIpc) is 2.63. The maximum absolute atomic E-state index is 12.4. The molecule has 2 N–H and O–H groups in total. The van der Waals surface area contributed by atoms with E-state index in [-0.39, 0.29) is 5.91 Å². The number of nitrogens with one attached hydrogen (secondary N) is 2. The highest BCUT2D eigenvalue weighted by atomic mass is 35.5. The lowest BCUT2D eigenvalue weighted by atomic mass is 10.2. The summed E-state index contributed by atoms with van der Waals surface area (Å²) in [6.45, 7) is 0.538. The number of aromatic nitrogens is 2. The first-order chi connectivity index (χ1) is 12.1. The molecule has 3 aromatic rings. The van der Waals surface area contributed by atoms with Crippen LogP contribution in [0.1, 0.15) is 16.1 Å². The van der Waals surface area contributed by atoms with Gasteiger partial charge in [-0.25, -0.2) is 0 Å². The summed E-state index contributed by atoms with van der Waals surface area (Å²) < 4.78 is 0. The van der Waals surface area contributed by atoms with Gasteiger partial charge in [0.15, 0.2) is 0 Å². The Kier molecular flexibility index (Phi) is 5.48. The number of rotatable bonds is 5. The van der Waals surface area contributed by atoms with E-state index in [1.807, 2.05) is 18.2 Å². The molecule has 0 bridgehead atoms. The highest BCUT2D eigenvalue weighted by Gasteiger charge is 2.10. The van der Waals surface area contributed by atoms with Crippen molar-refractivity contribution in [2.24, 2.45) is 0 Å². The van der Waals surface area contributed by atoms with E-state index >= 15 is 0 Å². The summed E-state index contributed by atoms with van der Waals surface area (Å²) in [5, 5.41) is 6.81. The molecule has 0 aliphatic rings. The summed E-state index contributed by atoms with van der Waals surface area (Å²) in [5.74, 6) is -0.307. The van der Waals surface area contributed by atoms with Gasteiger partial charge in [-0.3, -0.25) is 14.8 Å². The zero-order valence-electron chi connectivity index (χ0n) is 13.0. The second-order valence-electron chi connectivity index (χ2n) is 5.22. The van der Waals surface area contributed by atoms with Crippen LogP contribution < -0.4 is 10.6 Å². The van der Waals surface area contributed by atoms with Crippen LogP contribution in [0.2, 0.25) is 10.0 Å². The molecule has 7 heteroatoms. The fourth-order valence-electron chi connectivity index (χ4n) is 2.14. The van der Waals surface area contributed by atoms with Crippen LogP contribution in [0.3, 0.4) is 0 Å². The molecule has 0 fully saturated rings. The molecule has 0 saturated heterocycles. The van der Waals surface area contributed by atoms with Crippen molar-refractivity contribution in [1.29, 1.82) is 0 Å². The Morgan fingerprint density at radius 1 is 1.08 bits per heavy atom. The van der Waals surface area contributed by atoms with E-state index < -0.39 is 0 Å². The van der Waals surface area contributed by atoms with E-state index in [1.54, 1.807) is 36.7 Å². The van der Waals surface area contributed by atoms with Gasteiger partial charge in [0.2, 0.25) is 0 Å². The van der Waals surface area contributed by atoms with Gasteiger partial charge in [0.25, 0.3) is 5.91 Å². The number of carbonyl (C=O) groups is 1. The van der Waals surface area contributed by atoms with Crippen LogP contribution in [-0.4, -0.2) is 15.9 Å². The molecule has 5 nitrogen and oxygen atoms in total. The minimum atomic E-state index is -0.307. The maximum Gasteiger partial charge on any atom is 0.257 e. The molecule has 0 aliphatic carbocycles. The van der Waals surface area contributed by atoms with Gasteiger partial charge >= 0.3 is 0 Å². The van der Waals surface area contributed by atoms with Gasteiger partial charge in [-0.2, -0.15) is 0 Å². The number of nitrogens with zero attached hydrogens (tertiary/aromatic N) is 2. The van der Waals surface area contributed by atoms with Crippen molar-refractivity contribution in [2.75, 3.05) is 10.6 Å². The van der Waals surface area contributed by atoms with Crippen LogP contribution in [-0.2, 0) is 6.54 Å². The molecule has 0 atom stereocenters. The maximum atomic E-state index is 12.4. The number of carbonyl (C=O) groups excluding carboxylic acids is 1. The summed E-state index contributed by atoms with van der Waals surface area (Å²) in [6.07, 6.45) is 4.87. The van der Waals surface area contributed by atoms with Crippen molar-refractivity contribution < 1.29 is 4.79 Å². The number of hydrogen-bond acceptors (Lipinski definition) is 4. The molecule has 0 aliphatic heterocycles. The van der Waals surface area contributed by atoms with Crippen LogP contribution in [0.25, 0.3) is 0 Å². The molecule has 25 heavy (non-hydrogen) atoms. The first-order valence-electron chi connectivity index (χ1n) is 7.47. The third-order valence-corrected chi connectivity index (χ3v) is 3.93. The Balaban J connectivity index is 1.69. The zero-order valence-corrected chi connectivity index (χ0v) is 14.6. The lowest BCUT2D eigenvalue weighted by molar-refractivity contribution is 0.102. The lowest BCUT2D eigenvalue weighted by Crippen LogP contribution is -2.13. The van der Waals surface area contributed by atoms with E-state index in [4.69, 9.17) is 23.2 Å². The van der Waals surface area contributed by atoms with Gasteiger partial charge in [0.1, 0.15) is 0 Å². The number of benzene rings is 1. The largest absolute Gasteiger partial charge is 0.378 e. The first-order valence-corrected chi connectivity index (χ1v) is 8.22. The van der Waals surface area contributed by atoms with Crippen molar-refractivity contribution in [3.05, 3.63) is 82.4 Å². The Labute approximate surface area is 155 Å². The zero-order chi connectivity index (χ0) is 17.6. The summed E-state index contributed by atoms with van der Waals surface area (Å²) in [4.78, 5) is 20.7. The van der Waals surface area contributed by atoms with E-state index in [0.717, 1.165) is 11.4 Å². The number of halogens is 2. The lowest BCUT2D eigenvalue weighted by Gasteiger charge is -2.09. The van der Waals surface area contributed by atoms with Gasteiger partial charge in [0, 0.05) is 23.6 Å². The van der Waals surface area contributed by atoms with Gasteiger partial charge in [-0.1, -0.05) is 29.3 Å². The van der Waals surface area contributed by atoms with Crippen LogP contribution in [0.15, 0.2) is 61.1 Å². The molecule has 0 radical (unpaired) electrons. The molecule has 0 spiro atoms. The van der Waals surface area contributed by atoms with E-state index in [2.05, 4.69) is 20.6 Å². The Bertz CT molecular complexity index is 887. The van der Waals surface area contributed by atoms with E-state index in [9.17, 15) is 4.79 Å². The molecule has 2 heterocycles. The number of amides is 1. The molecule has 0 unspecified atom stereocenters. The topological polar surface area (TPSA) is 66.9 Å². The molecular weight excluding hydrogens is 359 g/mol. The summed E-state index contributed by atoms with van der Waals surface area (Å²) in [7, 11) is 0. The molecular formula is C18H14Cl2N4O. The van der Waals surface area contributed by atoms with Crippen molar-refractivity contribution >= 4 is 40.5 Å². The van der Waals surface area contributed by atoms with Gasteiger partial charge in [-0.05, 0) is 36.4 Å². The van der Waals surface area contributed by atoms with Gasteiger partial charge in [0.05, 0.1) is 34.2 Å². The Hall–Kier alpha value is -2.63. The van der Waals surface area contributed by atoms with E-state index in [0.29, 0.717) is 27.8 Å². The van der Waals surface area contributed by atoms with Crippen molar-refractivity contribution in [3.63, 3.8) is 0 Å². The van der Waals surface area contributed by atoms with Crippen LogP contribution in [0, 0.1) is 0 Å². The molecule has 1 aromatic carbocycles. The minimum absolute atomic E-state index is 0.307. The third kappa shape index (κ3) is 4.68. The van der Waals surface area contributed by atoms with Crippen molar-refractivity contribution in [1.82, 2.24) is 9.97 Å². The van der Waals surface area contributed by atoms with Crippen molar-refractivity contribution in [3.8, 4) is 0 Å². The predicted octanol–water partition coefficient (Wildman–Crippen LogP) is 4.65. The minimum Gasteiger partial charge on any atom is -0.378 e. The number of pyridine rings is 2. The summed E-state index contributed by atoms with van der Waals surface area (Å²) >= 11 is 11.9. The summed E-state index contributed by atoms with van der Waals surface area (Å²) in [5.41, 5.74) is 2.52. The highest BCUT2D eigenvalue weighted by Crippen LogP contribution is 2.26. The standard InChI is InChI=1S/C18H14Cl2N4O/c19-13-4-5-17(16(20)8-13)24-18(25)12-7-15(10-21-9-12)23-11-14-3-1-2-6-22-14/h1-10,23H,11H2,(H,24,25). The highest BCUT2D eigenvalue weighted by molar-refractivity contribution is 6.36. The first kappa shape index (κ1) is 17.2. The predicted molar refractivity (Wildman–Crippen MR) is 100 cm³/mol. The third-order valence-electron chi connectivity index (χ3n) is 3.38. The quantitative estimate of drug-likeness (QED) is 0.683. The average molecular weight is 373 g/mol. The van der Waals surface area contributed by atoms with Gasteiger partial charge in [-0.15, -0.1) is 0 Å². The second kappa shape index (κ2) is 7.96. The molecule has 126 valence electrons.